The van der Waals surface area contributed by atoms with Gasteiger partial charge < -0.3 is 4.74 Å². The van der Waals surface area contributed by atoms with Gasteiger partial charge in [-0.2, -0.15) is 0 Å². The van der Waals surface area contributed by atoms with Crippen molar-refractivity contribution in [3.63, 3.8) is 0 Å². The lowest BCUT2D eigenvalue weighted by Gasteiger charge is -2.20. The minimum atomic E-state index is -0.193. The van der Waals surface area contributed by atoms with Gasteiger partial charge in [0.25, 0.3) is 0 Å². The van der Waals surface area contributed by atoms with Crippen LogP contribution in [0.1, 0.15) is 26.2 Å². The topological polar surface area (TPSA) is 26.3 Å². The minimum absolute atomic E-state index is 0.0738. The summed E-state index contributed by atoms with van der Waals surface area (Å²) in [6.07, 6.45) is 2.86. The molecule has 11 heavy (non-hydrogen) atoms. The SMILES string of the molecule is C=C(C)C(=O)C1CCCCO1. The van der Waals surface area contributed by atoms with Gasteiger partial charge in [-0.25, -0.2) is 0 Å². The maximum atomic E-state index is 11.3. The molecule has 1 aliphatic heterocycles. The molecular formula is C9H14O2. The molecule has 0 aliphatic carbocycles. The van der Waals surface area contributed by atoms with E-state index in [1.165, 1.54) is 0 Å². The fourth-order valence-corrected chi connectivity index (χ4v) is 1.22. The number of rotatable bonds is 2. The molecule has 1 saturated heterocycles. The second-order valence-electron chi connectivity index (χ2n) is 3.00. The first-order valence-electron chi connectivity index (χ1n) is 4.03. The van der Waals surface area contributed by atoms with Crippen LogP contribution in [0.4, 0.5) is 0 Å². The molecule has 0 saturated carbocycles. The summed E-state index contributed by atoms with van der Waals surface area (Å²) >= 11 is 0. The predicted molar refractivity (Wildman–Crippen MR) is 43.4 cm³/mol. The second-order valence-corrected chi connectivity index (χ2v) is 3.00. The van der Waals surface area contributed by atoms with Crippen LogP contribution in [0.2, 0.25) is 0 Å². The summed E-state index contributed by atoms with van der Waals surface area (Å²) in [5.41, 5.74) is 0.608. The maximum Gasteiger partial charge on any atom is 0.186 e. The van der Waals surface area contributed by atoms with Crippen molar-refractivity contribution in [3.8, 4) is 0 Å². The number of hydrogen-bond donors (Lipinski definition) is 0. The summed E-state index contributed by atoms with van der Waals surface area (Å²) in [6, 6.07) is 0. The average Bonchev–Trinajstić information content (AvgIpc) is 2.05. The Morgan fingerprint density at radius 1 is 1.55 bits per heavy atom. The predicted octanol–water partition coefficient (Wildman–Crippen LogP) is 1.70. The van der Waals surface area contributed by atoms with E-state index in [0.29, 0.717) is 5.57 Å². The lowest BCUT2D eigenvalue weighted by molar-refractivity contribution is -0.129. The molecule has 0 aromatic heterocycles. The fourth-order valence-electron chi connectivity index (χ4n) is 1.22. The molecule has 0 N–H and O–H groups in total. The third-order valence-electron chi connectivity index (χ3n) is 1.89. The van der Waals surface area contributed by atoms with Crippen LogP contribution in [0.3, 0.4) is 0 Å². The molecule has 1 fully saturated rings. The monoisotopic (exact) mass is 154 g/mol. The Labute approximate surface area is 67.2 Å². The Hall–Kier alpha value is -0.630. The average molecular weight is 154 g/mol. The molecule has 0 aromatic rings. The standard InChI is InChI=1S/C9H14O2/c1-7(2)9(10)8-5-3-4-6-11-8/h8H,1,3-6H2,2H3. The van der Waals surface area contributed by atoms with Crippen LogP contribution < -0.4 is 0 Å². The first kappa shape index (κ1) is 8.47. The van der Waals surface area contributed by atoms with Crippen molar-refractivity contribution in [2.75, 3.05) is 6.61 Å². The van der Waals surface area contributed by atoms with E-state index >= 15 is 0 Å². The van der Waals surface area contributed by atoms with Crippen molar-refractivity contribution in [2.45, 2.75) is 32.3 Å². The highest BCUT2D eigenvalue weighted by atomic mass is 16.5. The fraction of sp³-hybridized carbons (Fsp3) is 0.667. The van der Waals surface area contributed by atoms with Crippen LogP contribution in [0, 0.1) is 0 Å². The van der Waals surface area contributed by atoms with Crippen LogP contribution in [0.5, 0.6) is 0 Å². The Kier molecular flexibility index (Phi) is 2.83. The minimum Gasteiger partial charge on any atom is -0.370 e. The second kappa shape index (κ2) is 3.67. The largest absolute Gasteiger partial charge is 0.370 e. The number of carbonyl (C=O) groups is 1. The third-order valence-corrected chi connectivity index (χ3v) is 1.89. The third kappa shape index (κ3) is 2.15. The molecule has 0 aromatic carbocycles. The molecule has 0 bridgehead atoms. The van der Waals surface area contributed by atoms with Gasteiger partial charge in [0.2, 0.25) is 0 Å². The number of Topliss-reactive ketones (excluding diaryl/α,β-unsaturated/α-hetero) is 1. The highest BCUT2D eigenvalue weighted by molar-refractivity contribution is 5.97. The van der Waals surface area contributed by atoms with Gasteiger partial charge in [0, 0.05) is 6.61 Å². The van der Waals surface area contributed by atoms with Crippen LogP contribution in [0.25, 0.3) is 0 Å². The number of carbonyl (C=O) groups excluding carboxylic acids is 1. The van der Waals surface area contributed by atoms with E-state index in [-0.39, 0.29) is 11.9 Å². The highest BCUT2D eigenvalue weighted by Gasteiger charge is 2.21. The van der Waals surface area contributed by atoms with Crippen molar-refractivity contribution in [1.82, 2.24) is 0 Å². The molecule has 0 spiro atoms. The van der Waals surface area contributed by atoms with Gasteiger partial charge >= 0.3 is 0 Å². The highest BCUT2D eigenvalue weighted by Crippen LogP contribution is 2.15. The van der Waals surface area contributed by atoms with E-state index in [9.17, 15) is 4.79 Å². The molecule has 1 atom stereocenters. The Balaban J connectivity index is 2.45. The Morgan fingerprint density at radius 3 is 2.73 bits per heavy atom. The lowest BCUT2D eigenvalue weighted by atomic mass is 10.0. The van der Waals surface area contributed by atoms with Gasteiger partial charge in [-0.3, -0.25) is 4.79 Å². The van der Waals surface area contributed by atoms with Gasteiger partial charge in [-0.1, -0.05) is 6.58 Å². The van der Waals surface area contributed by atoms with E-state index in [2.05, 4.69) is 6.58 Å². The molecular weight excluding hydrogens is 140 g/mol. The smallest absolute Gasteiger partial charge is 0.186 e. The van der Waals surface area contributed by atoms with E-state index in [1.807, 2.05) is 0 Å². The lowest BCUT2D eigenvalue weighted by Crippen LogP contribution is -2.28. The van der Waals surface area contributed by atoms with Crippen molar-refractivity contribution < 1.29 is 9.53 Å². The summed E-state index contributed by atoms with van der Waals surface area (Å²) in [5.74, 6) is 0.0738. The molecule has 62 valence electrons. The number of hydrogen-bond acceptors (Lipinski definition) is 2. The van der Waals surface area contributed by atoms with Crippen molar-refractivity contribution >= 4 is 5.78 Å². The number of ketones is 1. The van der Waals surface area contributed by atoms with Gasteiger partial charge in [0.1, 0.15) is 6.10 Å². The van der Waals surface area contributed by atoms with E-state index in [4.69, 9.17) is 4.74 Å². The van der Waals surface area contributed by atoms with Crippen LogP contribution in [-0.4, -0.2) is 18.5 Å². The molecule has 1 heterocycles. The Morgan fingerprint density at radius 2 is 2.27 bits per heavy atom. The zero-order chi connectivity index (χ0) is 8.27. The molecule has 2 heteroatoms. The van der Waals surface area contributed by atoms with Crippen molar-refractivity contribution in [3.05, 3.63) is 12.2 Å². The molecule has 2 nitrogen and oxygen atoms in total. The van der Waals surface area contributed by atoms with E-state index < -0.39 is 0 Å². The zero-order valence-electron chi connectivity index (χ0n) is 6.93. The molecule has 1 rings (SSSR count). The summed E-state index contributed by atoms with van der Waals surface area (Å²) in [5, 5.41) is 0. The summed E-state index contributed by atoms with van der Waals surface area (Å²) in [6.45, 7) is 6.06. The Bertz CT molecular complexity index is 166. The maximum absolute atomic E-state index is 11.3. The van der Waals surface area contributed by atoms with Gasteiger partial charge in [0.05, 0.1) is 0 Å². The van der Waals surface area contributed by atoms with E-state index in [1.54, 1.807) is 6.92 Å². The number of ether oxygens (including phenoxy) is 1. The van der Waals surface area contributed by atoms with Crippen LogP contribution in [-0.2, 0) is 9.53 Å². The van der Waals surface area contributed by atoms with E-state index in [0.717, 1.165) is 25.9 Å². The first-order valence-corrected chi connectivity index (χ1v) is 4.03. The normalized spacial score (nSPS) is 24.6. The first-order chi connectivity index (χ1) is 5.22. The van der Waals surface area contributed by atoms with Gasteiger partial charge in [-0.15, -0.1) is 0 Å². The quantitative estimate of drug-likeness (QED) is 0.566. The zero-order valence-corrected chi connectivity index (χ0v) is 6.93. The summed E-state index contributed by atoms with van der Waals surface area (Å²) in [4.78, 5) is 11.3. The van der Waals surface area contributed by atoms with Crippen molar-refractivity contribution in [1.29, 1.82) is 0 Å². The van der Waals surface area contributed by atoms with Crippen molar-refractivity contribution in [2.24, 2.45) is 0 Å². The van der Waals surface area contributed by atoms with Gasteiger partial charge in [-0.05, 0) is 31.8 Å². The van der Waals surface area contributed by atoms with Crippen LogP contribution in [0.15, 0.2) is 12.2 Å². The van der Waals surface area contributed by atoms with Gasteiger partial charge in [0.15, 0.2) is 5.78 Å². The molecule has 0 radical (unpaired) electrons. The summed E-state index contributed by atoms with van der Waals surface area (Å²) < 4.78 is 5.29. The van der Waals surface area contributed by atoms with Crippen LogP contribution >= 0.6 is 0 Å². The molecule has 1 aliphatic rings. The molecule has 1 unspecified atom stereocenters. The molecule has 0 amide bonds. The summed E-state index contributed by atoms with van der Waals surface area (Å²) in [7, 11) is 0.